The first-order valence-electron chi connectivity index (χ1n) is 5.55. The van der Waals surface area contributed by atoms with E-state index < -0.39 is 4.92 Å². The van der Waals surface area contributed by atoms with Crippen molar-refractivity contribution in [3.05, 3.63) is 68.2 Å². The molecule has 5 nitrogen and oxygen atoms in total. The number of halogens is 2. The number of nitro benzene ring substituents is 1. The van der Waals surface area contributed by atoms with Crippen molar-refractivity contribution in [3.8, 4) is 0 Å². The van der Waals surface area contributed by atoms with Crippen LogP contribution in [-0.2, 0) is 0 Å². The smallest absolute Gasteiger partial charge is 0.269 e. The Morgan fingerprint density at radius 2 is 1.85 bits per heavy atom. The normalized spacial score (nSPS) is 10.7. The van der Waals surface area contributed by atoms with E-state index in [0.29, 0.717) is 15.7 Å². The van der Waals surface area contributed by atoms with Gasteiger partial charge in [0.1, 0.15) is 0 Å². The fourth-order valence-corrected chi connectivity index (χ4v) is 1.77. The lowest BCUT2D eigenvalue weighted by Crippen LogP contribution is -1.92. The highest BCUT2D eigenvalue weighted by atomic mass is 35.5. The molecule has 0 radical (unpaired) electrons. The highest BCUT2D eigenvalue weighted by molar-refractivity contribution is 6.35. The third kappa shape index (κ3) is 3.69. The number of benzene rings is 2. The van der Waals surface area contributed by atoms with Crippen LogP contribution in [0.1, 0.15) is 5.56 Å². The monoisotopic (exact) mass is 309 g/mol. The second-order valence-electron chi connectivity index (χ2n) is 3.84. The van der Waals surface area contributed by atoms with Gasteiger partial charge in [0.2, 0.25) is 0 Å². The molecule has 0 aliphatic carbocycles. The number of anilines is 1. The van der Waals surface area contributed by atoms with E-state index in [4.69, 9.17) is 23.2 Å². The predicted molar refractivity (Wildman–Crippen MR) is 80.8 cm³/mol. The Balaban J connectivity index is 2.06. The molecule has 0 spiro atoms. The molecule has 0 aliphatic heterocycles. The number of nitro groups is 1. The maximum absolute atomic E-state index is 10.5. The Hall–Kier alpha value is -2.11. The molecule has 102 valence electrons. The third-order valence-corrected chi connectivity index (χ3v) is 3.00. The largest absolute Gasteiger partial charge is 0.277 e. The number of nitrogens with one attached hydrogen (secondary N) is 1. The van der Waals surface area contributed by atoms with Crippen molar-refractivity contribution in [1.29, 1.82) is 0 Å². The molecule has 0 aliphatic rings. The summed E-state index contributed by atoms with van der Waals surface area (Å²) in [6.07, 6.45) is 1.53. The molecule has 2 rings (SSSR count). The number of non-ortho nitro benzene ring substituents is 1. The predicted octanol–water partition coefficient (Wildman–Crippen LogP) is 4.35. The van der Waals surface area contributed by atoms with Crippen LogP contribution < -0.4 is 5.43 Å². The van der Waals surface area contributed by atoms with Crippen molar-refractivity contribution in [3.63, 3.8) is 0 Å². The molecule has 0 heterocycles. The summed E-state index contributed by atoms with van der Waals surface area (Å²) < 4.78 is 0. The lowest BCUT2D eigenvalue weighted by molar-refractivity contribution is -0.384. The van der Waals surface area contributed by atoms with E-state index in [0.717, 1.165) is 5.56 Å². The highest BCUT2D eigenvalue weighted by Crippen LogP contribution is 2.25. The summed E-state index contributed by atoms with van der Waals surface area (Å²) in [5.41, 5.74) is 4.10. The first-order valence-corrected chi connectivity index (χ1v) is 6.30. The van der Waals surface area contributed by atoms with E-state index >= 15 is 0 Å². The van der Waals surface area contributed by atoms with Gasteiger partial charge in [0, 0.05) is 17.2 Å². The van der Waals surface area contributed by atoms with Crippen molar-refractivity contribution in [2.45, 2.75) is 0 Å². The Bertz CT molecular complexity index is 657. The van der Waals surface area contributed by atoms with E-state index in [1.54, 1.807) is 30.3 Å². The summed E-state index contributed by atoms with van der Waals surface area (Å²) in [7, 11) is 0. The van der Waals surface area contributed by atoms with E-state index in [1.165, 1.54) is 18.3 Å². The molecule has 0 unspecified atom stereocenters. The SMILES string of the molecule is O=[N+]([O-])c1ccc(/C=N/Nc2cc(Cl)ccc2Cl)cc1. The zero-order valence-electron chi connectivity index (χ0n) is 10.1. The standard InChI is InChI=1S/C13H9Cl2N3O2/c14-10-3-6-12(15)13(7-10)17-16-8-9-1-4-11(5-2-9)18(19)20/h1-8,17H/b16-8+. The van der Waals surface area contributed by atoms with Crippen molar-refractivity contribution >= 4 is 40.8 Å². The molecule has 0 saturated heterocycles. The Labute approximate surface area is 125 Å². The van der Waals surface area contributed by atoms with Crippen molar-refractivity contribution in [1.82, 2.24) is 0 Å². The van der Waals surface area contributed by atoms with Crippen LogP contribution in [0.25, 0.3) is 0 Å². The number of hydrogen-bond acceptors (Lipinski definition) is 4. The Morgan fingerprint density at radius 3 is 2.50 bits per heavy atom. The topological polar surface area (TPSA) is 67.5 Å². The van der Waals surface area contributed by atoms with E-state index in [2.05, 4.69) is 10.5 Å². The first kappa shape index (κ1) is 14.3. The summed E-state index contributed by atoms with van der Waals surface area (Å²) in [6.45, 7) is 0. The van der Waals surface area contributed by atoms with Gasteiger partial charge in [0.25, 0.3) is 5.69 Å². The third-order valence-electron chi connectivity index (χ3n) is 2.43. The average molecular weight is 310 g/mol. The van der Waals surface area contributed by atoms with Gasteiger partial charge in [0.05, 0.1) is 21.8 Å². The minimum absolute atomic E-state index is 0.0352. The van der Waals surface area contributed by atoms with Gasteiger partial charge in [-0.05, 0) is 35.9 Å². The minimum Gasteiger partial charge on any atom is -0.277 e. The maximum atomic E-state index is 10.5. The fraction of sp³-hybridized carbons (Fsp3) is 0. The molecular weight excluding hydrogens is 301 g/mol. The van der Waals surface area contributed by atoms with Crippen LogP contribution in [0.3, 0.4) is 0 Å². The van der Waals surface area contributed by atoms with Gasteiger partial charge in [-0.25, -0.2) is 0 Å². The van der Waals surface area contributed by atoms with Crippen molar-refractivity contribution in [2.75, 3.05) is 5.43 Å². The van der Waals surface area contributed by atoms with Gasteiger partial charge >= 0.3 is 0 Å². The number of nitrogens with zero attached hydrogens (tertiary/aromatic N) is 2. The van der Waals surface area contributed by atoms with Crippen molar-refractivity contribution < 1.29 is 4.92 Å². The number of hydrogen-bond donors (Lipinski definition) is 1. The average Bonchev–Trinajstić information content (AvgIpc) is 2.43. The van der Waals surface area contributed by atoms with Crippen LogP contribution in [0.15, 0.2) is 47.6 Å². The molecule has 0 atom stereocenters. The fourth-order valence-electron chi connectivity index (χ4n) is 1.44. The van der Waals surface area contributed by atoms with E-state index in [1.807, 2.05) is 0 Å². The molecule has 7 heteroatoms. The van der Waals surface area contributed by atoms with Crippen LogP contribution in [-0.4, -0.2) is 11.1 Å². The van der Waals surface area contributed by atoms with Crippen LogP contribution >= 0.6 is 23.2 Å². The quantitative estimate of drug-likeness (QED) is 0.518. The summed E-state index contributed by atoms with van der Waals surface area (Å²) in [5, 5.41) is 15.6. The number of rotatable bonds is 4. The van der Waals surface area contributed by atoms with Crippen LogP contribution in [0.2, 0.25) is 10.0 Å². The summed E-state index contributed by atoms with van der Waals surface area (Å²) >= 11 is 11.8. The maximum Gasteiger partial charge on any atom is 0.269 e. The van der Waals surface area contributed by atoms with E-state index in [-0.39, 0.29) is 5.69 Å². The van der Waals surface area contributed by atoms with Gasteiger partial charge in [-0.2, -0.15) is 5.10 Å². The highest BCUT2D eigenvalue weighted by Gasteiger charge is 2.02. The zero-order chi connectivity index (χ0) is 14.5. The van der Waals surface area contributed by atoms with Crippen molar-refractivity contribution in [2.24, 2.45) is 5.10 Å². The van der Waals surface area contributed by atoms with E-state index in [9.17, 15) is 10.1 Å². The molecule has 2 aromatic rings. The summed E-state index contributed by atoms with van der Waals surface area (Å²) in [5.74, 6) is 0. The second kappa shape index (κ2) is 6.36. The first-order chi connectivity index (χ1) is 9.56. The molecule has 0 aromatic heterocycles. The second-order valence-corrected chi connectivity index (χ2v) is 4.69. The Kier molecular flexibility index (Phi) is 4.55. The van der Waals surface area contributed by atoms with Gasteiger partial charge in [-0.1, -0.05) is 23.2 Å². The molecule has 20 heavy (non-hydrogen) atoms. The minimum atomic E-state index is -0.453. The lowest BCUT2D eigenvalue weighted by Gasteiger charge is -2.03. The van der Waals surface area contributed by atoms with Crippen LogP contribution in [0.4, 0.5) is 11.4 Å². The molecular formula is C13H9Cl2N3O2. The van der Waals surface area contributed by atoms with Gasteiger partial charge in [-0.15, -0.1) is 0 Å². The molecule has 0 amide bonds. The summed E-state index contributed by atoms with van der Waals surface area (Å²) in [4.78, 5) is 10.1. The molecule has 0 bridgehead atoms. The van der Waals surface area contributed by atoms with Gasteiger partial charge in [-0.3, -0.25) is 15.5 Å². The molecule has 1 N–H and O–H groups in total. The van der Waals surface area contributed by atoms with Crippen LogP contribution in [0.5, 0.6) is 0 Å². The molecule has 0 fully saturated rings. The number of hydrazone groups is 1. The van der Waals surface area contributed by atoms with Gasteiger partial charge < -0.3 is 0 Å². The summed E-state index contributed by atoms with van der Waals surface area (Å²) in [6, 6.07) is 11.0. The molecule has 2 aromatic carbocycles. The Morgan fingerprint density at radius 1 is 1.15 bits per heavy atom. The molecule has 0 saturated carbocycles. The van der Waals surface area contributed by atoms with Gasteiger partial charge in [0.15, 0.2) is 0 Å². The lowest BCUT2D eigenvalue weighted by atomic mass is 10.2. The zero-order valence-corrected chi connectivity index (χ0v) is 11.6. The van der Waals surface area contributed by atoms with Crippen LogP contribution in [0, 0.1) is 10.1 Å².